The van der Waals surface area contributed by atoms with Crippen LogP contribution in [0.2, 0.25) is 0 Å². The zero-order chi connectivity index (χ0) is 18.5. The molecule has 1 aromatic rings. The molecule has 6 nitrogen and oxygen atoms in total. The van der Waals surface area contributed by atoms with E-state index in [2.05, 4.69) is 22.5 Å². The van der Waals surface area contributed by atoms with Crippen molar-refractivity contribution in [3.05, 3.63) is 24.2 Å². The number of furan rings is 1. The molecule has 1 unspecified atom stereocenters. The highest BCUT2D eigenvalue weighted by molar-refractivity contribution is 14.0. The number of unbranched alkanes of at least 4 members (excludes halogenated alkanes) is 1. The van der Waals surface area contributed by atoms with Gasteiger partial charge in [0, 0.05) is 38.8 Å². The first-order valence-corrected chi connectivity index (χ1v) is 10.2. The summed E-state index contributed by atoms with van der Waals surface area (Å²) in [5.74, 6) is 1.91. The quantitative estimate of drug-likeness (QED) is 0.203. The van der Waals surface area contributed by atoms with Crippen molar-refractivity contribution in [1.82, 2.24) is 15.5 Å². The number of guanidine groups is 1. The van der Waals surface area contributed by atoms with Crippen LogP contribution in [0.25, 0.3) is 0 Å². The predicted octanol–water partition coefficient (Wildman–Crippen LogP) is 3.28. The fourth-order valence-electron chi connectivity index (χ4n) is 3.33. The second kappa shape index (κ2) is 15.2. The zero-order valence-corrected chi connectivity index (χ0v) is 19.2. The third kappa shape index (κ3) is 9.80. The SMILES string of the molecule is CCOCCCCNC(=NCC1CCCN1CC)NCCc1ccco1.I. The maximum absolute atomic E-state index is 5.40. The summed E-state index contributed by atoms with van der Waals surface area (Å²) < 4.78 is 10.8. The van der Waals surface area contributed by atoms with Crippen molar-refractivity contribution in [2.45, 2.75) is 52.0 Å². The van der Waals surface area contributed by atoms with Crippen LogP contribution in [0.15, 0.2) is 27.8 Å². The summed E-state index contributed by atoms with van der Waals surface area (Å²) in [6.07, 6.45) is 7.30. The lowest BCUT2D eigenvalue weighted by Gasteiger charge is -2.21. The molecule has 2 heterocycles. The predicted molar refractivity (Wildman–Crippen MR) is 122 cm³/mol. The summed E-state index contributed by atoms with van der Waals surface area (Å²) in [5.41, 5.74) is 0. The molecule has 0 aromatic carbocycles. The van der Waals surface area contributed by atoms with Crippen LogP contribution in [-0.4, -0.2) is 62.8 Å². The van der Waals surface area contributed by atoms with E-state index in [0.29, 0.717) is 6.04 Å². The molecule has 2 N–H and O–H groups in total. The fraction of sp³-hybridized carbons (Fsp3) is 0.750. The fourth-order valence-corrected chi connectivity index (χ4v) is 3.33. The molecule has 1 saturated heterocycles. The summed E-state index contributed by atoms with van der Waals surface area (Å²) in [5, 5.41) is 6.91. The number of likely N-dealkylation sites (N-methyl/N-ethyl adjacent to an activating group) is 1. The van der Waals surface area contributed by atoms with E-state index in [9.17, 15) is 0 Å². The number of hydrogen-bond donors (Lipinski definition) is 2. The number of hydrogen-bond acceptors (Lipinski definition) is 4. The molecule has 0 saturated carbocycles. The molecule has 0 radical (unpaired) electrons. The van der Waals surface area contributed by atoms with Crippen LogP contribution in [-0.2, 0) is 11.2 Å². The van der Waals surface area contributed by atoms with E-state index < -0.39 is 0 Å². The van der Waals surface area contributed by atoms with Gasteiger partial charge in [-0.3, -0.25) is 9.89 Å². The highest BCUT2D eigenvalue weighted by atomic mass is 127. The van der Waals surface area contributed by atoms with Crippen LogP contribution in [0.1, 0.15) is 45.3 Å². The number of rotatable bonds is 12. The number of nitrogens with one attached hydrogen (secondary N) is 2. The second-order valence-corrected chi connectivity index (χ2v) is 6.70. The van der Waals surface area contributed by atoms with Crippen molar-refractivity contribution in [1.29, 1.82) is 0 Å². The zero-order valence-electron chi connectivity index (χ0n) is 16.9. The van der Waals surface area contributed by atoms with Crippen molar-refractivity contribution in [3.8, 4) is 0 Å². The van der Waals surface area contributed by atoms with Gasteiger partial charge in [-0.15, -0.1) is 24.0 Å². The Morgan fingerprint density at radius 2 is 2.15 bits per heavy atom. The van der Waals surface area contributed by atoms with E-state index in [1.165, 1.54) is 19.4 Å². The number of nitrogens with zero attached hydrogens (tertiary/aromatic N) is 2. The maximum atomic E-state index is 5.40. The summed E-state index contributed by atoms with van der Waals surface area (Å²) in [7, 11) is 0. The largest absolute Gasteiger partial charge is 0.469 e. The van der Waals surface area contributed by atoms with Crippen molar-refractivity contribution in [2.24, 2.45) is 4.99 Å². The molecule has 156 valence electrons. The molecular formula is C20H37IN4O2. The average molecular weight is 492 g/mol. The molecule has 7 heteroatoms. The molecule has 1 atom stereocenters. The van der Waals surface area contributed by atoms with Gasteiger partial charge in [0.25, 0.3) is 0 Å². The lowest BCUT2D eigenvalue weighted by atomic mass is 10.2. The molecule has 0 aliphatic carbocycles. The highest BCUT2D eigenvalue weighted by Gasteiger charge is 2.22. The Bertz CT molecular complexity index is 496. The minimum atomic E-state index is 0. The Kier molecular flexibility index (Phi) is 13.6. The van der Waals surface area contributed by atoms with E-state index in [4.69, 9.17) is 14.1 Å². The third-order valence-corrected chi connectivity index (χ3v) is 4.82. The first kappa shape index (κ1) is 24.2. The standard InChI is InChI=1S/C20H36N4O2.HI/c1-3-24-14-7-9-18(24)17-23-20(21-12-5-6-15-25-4-2)22-13-11-19-10-8-16-26-19;/h8,10,16,18H,3-7,9,11-15,17H2,1-2H3,(H2,21,22,23);1H. The van der Waals surface area contributed by atoms with Gasteiger partial charge in [-0.05, 0) is 57.8 Å². The minimum Gasteiger partial charge on any atom is -0.469 e. The first-order chi connectivity index (χ1) is 12.8. The molecule has 1 aromatic heterocycles. The Morgan fingerprint density at radius 1 is 1.30 bits per heavy atom. The van der Waals surface area contributed by atoms with Gasteiger partial charge in [0.15, 0.2) is 5.96 Å². The molecule has 0 spiro atoms. The number of aliphatic imine (C=N–C) groups is 1. The van der Waals surface area contributed by atoms with Crippen LogP contribution in [0.3, 0.4) is 0 Å². The van der Waals surface area contributed by atoms with Gasteiger partial charge in [-0.1, -0.05) is 6.92 Å². The molecule has 1 aliphatic heterocycles. The van der Waals surface area contributed by atoms with Crippen molar-refractivity contribution >= 4 is 29.9 Å². The monoisotopic (exact) mass is 492 g/mol. The van der Waals surface area contributed by atoms with Gasteiger partial charge in [-0.25, -0.2) is 0 Å². The van der Waals surface area contributed by atoms with Crippen LogP contribution in [0, 0.1) is 0 Å². The lowest BCUT2D eigenvalue weighted by molar-refractivity contribution is 0.143. The summed E-state index contributed by atoms with van der Waals surface area (Å²) in [6, 6.07) is 4.53. The van der Waals surface area contributed by atoms with Crippen LogP contribution in [0.5, 0.6) is 0 Å². The van der Waals surface area contributed by atoms with Crippen molar-refractivity contribution in [2.75, 3.05) is 45.9 Å². The van der Waals surface area contributed by atoms with Crippen LogP contribution < -0.4 is 10.6 Å². The Morgan fingerprint density at radius 3 is 2.89 bits per heavy atom. The Hall–Kier alpha value is -0.800. The van der Waals surface area contributed by atoms with Gasteiger partial charge in [-0.2, -0.15) is 0 Å². The summed E-state index contributed by atoms with van der Waals surface area (Å²) in [4.78, 5) is 7.38. The van der Waals surface area contributed by atoms with E-state index in [-0.39, 0.29) is 24.0 Å². The first-order valence-electron chi connectivity index (χ1n) is 10.2. The minimum absolute atomic E-state index is 0. The third-order valence-electron chi connectivity index (χ3n) is 4.82. The van der Waals surface area contributed by atoms with Gasteiger partial charge >= 0.3 is 0 Å². The lowest BCUT2D eigenvalue weighted by Crippen LogP contribution is -2.40. The van der Waals surface area contributed by atoms with Crippen molar-refractivity contribution < 1.29 is 9.15 Å². The molecule has 2 rings (SSSR count). The number of halogens is 1. The molecule has 1 fully saturated rings. The van der Waals surface area contributed by atoms with E-state index >= 15 is 0 Å². The average Bonchev–Trinajstić information content (AvgIpc) is 3.33. The summed E-state index contributed by atoms with van der Waals surface area (Å²) in [6.45, 7) is 10.8. The van der Waals surface area contributed by atoms with Gasteiger partial charge in [0.05, 0.1) is 12.8 Å². The summed E-state index contributed by atoms with van der Waals surface area (Å²) >= 11 is 0. The van der Waals surface area contributed by atoms with Crippen molar-refractivity contribution in [3.63, 3.8) is 0 Å². The smallest absolute Gasteiger partial charge is 0.191 e. The number of likely N-dealkylation sites (tertiary alicyclic amines) is 1. The normalized spacial score (nSPS) is 17.7. The number of ether oxygens (including phenoxy) is 1. The van der Waals surface area contributed by atoms with Gasteiger partial charge in [0.1, 0.15) is 5.76 Å². The molecule has 27 heavy (non-hydrogen) atoms. The van der Waals surface area contributed by atoms with Gasteiger partial charge < -0.3 is 19.8 Å². The molecule has 0 bridgehead atoms. The van der Waals surface area contributed by atoms with E-state index in [0.717, 1.165) is 70.4 Å². The highest BCUT2D eigenvalue weighted by Crippen LogP contribution is 2.16. The van der Waals surface area contributed by atoms with Crippen LogP contribution >= 0.6 is 24.0 Å². The topological polar surface area (TPSA) is 62.0 Å². The maximum Gasteiger partial charge on any atom is 0.191 e. The second-order valence-electron chi connectivity index (χ2n) is 6.70. The molecule has 1 aliphatic rings. The van der Waals surface area contributed by atoms with Crippen LogP contribution in [0.4, 0.5) is 0 Å². The van der Waals surface area contributed by atoms with Gasteiger partial charge in [0.2, 0.25) is 0 Å². The Balaban J connectivity index is 0.00000364. The Labute approximate surface area is 181 Å². The van der Waals surface area contributed by atoms with E-state index in [1.54, 1.807) is 6.26 Å². The molecular weight excluding hydrogens is 455 g/mol. The van der Waals surface area contributed by atoms with E-state index in [1.807, 2.05) is 19.1 Å². The molecule has 0 amide bonds.